The molecule has 0 atom stereocenters. The summed E-state index contributed by atoms with van der Waals surface area (Å²) in [6.45, 7) is 7.93. The first-order valence-corrected chi connectivity index (χ1v) is 6.53. The largest absolute Gasteiger partial charge is 0.341 e. The number of hydrogen-bond donors (Lipinski definition) is 0. The highest BCUT2D eigenvalue weighted by Crippen LogP contribution is 2.20. The first kappa shape index (κ1) is 12.4. The number of halogens is 1. The van der Waals surface area contributed by atoms with Gasteiger partial charge in [-0.15, -0.1) is 0 Å². The lowest BCUT2D eigenvalue weighted by Crippen LogP contribution is -2.27. The van der Waals surface area contributed by atoms with Gasteiger partial charge in [0, 0.05) is 26.2 Å². The van der Waals surface area contributed by atoms with Crippen LogP contribution in [0.1, 0.15) is 26.7 Å². The number of rotatable bonds is 4. The second-order valence-corrected chi connectivity index (χ2v) is 4.41. The molecular weight excluding hydrogens is 238 g/mol. The van der Waals surface area contributed by atoms with Crippen LogP contribution in [-0.2, 0) is 0 Å². The van der Waals surface area contributed by atoms with Gasteiger partial charge in [-0.1, -0.05) is 0 Å². The topological polar surface area (TPSA) is 45.2 Å². The Balaban J connectivity index is 2.27. The van der Waals surface area contributed by atoms with Crippen LogP contribution in [0.5, 0.6) is 0 Å². The van der Waals surface area contributed by atoms with Crippen LogP contribution in [-0.4, -0.2) is 41.1 Å². The third-order valence-electron chi connectivity index (χ3n) is 3.02. The summed E-state index contributed by atoms with van der Waals surface area (Å²) in [7, 11) is 0. The minimum absolute atomic E-state index is 0.281. The molecule has 1 aromatic rings. The van der Waals surface area contributed by atoms with Crippen molar-refractivity contribution in [3.8, 4) is 0 Å². The van der Waals surface area contributed by atoms with E-state index in [9.17, 15) is 0 Å². The van der Waals surface area contributed by atoms with Crippen LogP contribution in [0.3, 0.4) is 0 Å². The lowest BCUT2D eigenvalue weighted by Gasteiger charge is -2.21. The van der Waals surface area contributed by atoms with Crippen molar-refractivity contribution >= 4 is 23.5 Å². The highest BCUT2D eigenvalue weighted by Gasteiger charge is 2.18. The van der Waals surface area contributed by atoms with Crippen LogP contribution in [0, 0.1) is 0 Å². The maximum atomic E-state index is 5.97. The summed E-state index contributed by atoms with van der Waals surface area (Å²) in [4.78, 5) is 17.1. The van der Waals surface area contributed by atoms with E-state index in [0.717, 1.165) is 26.2 Å². The molecular formula is C11H18ClN5. The molecule has 0 amide bonds. The highest BCUT2D eigenvalue weighted by atomic mass is 35.5. The SMILES string of the molecule is CCN(CC)c1nc(Cl)nc(N2CCCC2)n1. The first-order valence-electron chi connectivity index (χ1n) is 6.16. The van der Waals surface area contributed by atoms with E-state index in [4.69, 9.17) is 11.6 Å². The first-order chi connectivity index (χ1) is 8.24. The van der Waals surface area contributed by atoms with Crippen molar-refractivity contribution < 1.29 is 0 Å². The zero-order valence-corrected chi connectivity index (χ0v) is 11.1. The molecule has 2 rings (SSSR count). The fourth-order valence-electron chi connectivity index (χ4n) is 2.04. The van der Waals surface area contributed by atoms with E-state index in [1.807, 2.05) is 0 Å². The summed E-state index contributed by atoms with van der Waals surface area (Å²) in [5, 5.41) is 0.281. The molecule has 0 aromatic carbocycles. The highest BCUT2D eigenvalue weighted by molar-refractivity contribution is 6.28. The van der Waals surface area contributed by atoms with E-state index in [2.05, 4.69) is 38.6 Å². The normalized spacial score (nSPS) is 15.4. The van der Waals surface area contributed by atoms with Gasteiger partial charge in [-0.25, -0.2) is 0 Å². The van der Waals surface area contributed by atoms with Crippen molar-refractivity contribution in [2.24, 2.45) is 0 Å². The summed E-state index contributed by atoms with van der Waals surface area (Å²) in [6, 6.07) is 0. The van der Waals surface area contributed by atoms with E-state index in [1.54, 1.807) is 0 Å². The number of anilines is 2. The van der Waals surface area contributed by atoms with Crippen molar-refractivity contribution in [1.82, 2.24) is 15.0 Å². The van der Waals surface area contributed by atoms with E-state index in [1.165, 1.54) is 12.8 Å². The smallest absolute Gasteiger partial charge is 0.231 e. The van der Waals surface area contributed by atoms with E-state index < -0.39 is 0 Å². The van der Waals surface area contributed by atoms with Crippen molar-refractivity contribution in [1.29, 1.82) is 0 Å². The van der Waals surface area contributed by atoms with Gasteiger partial charge in [-0.05, 0) is 38.3 Å². The van der Waals surface area contributed by atoms with Crippen molar-refractivity contribution in [2.45, 2.75) is 26.7 Å². The monoisotopic (exact) mass is 255 g/mol. The maximum absolute atomic E-state index is 5.97. The van der Waals surface area contributed by atoms with Gasteiger partial charge in [0.05, 0.1) is 0 Å². The predicted octanol–water partition coefficient (Wildman–Crippen LogP) is 1.97. The summed E-state index contributed by atoms with van der Waals surface area (Å²) < 4.78 is 0. The Morgan fingerprint density at radius 2 is 1.76 bits per heavy atom. The molecule has 0 saturated carbocycles. The fraction of sp³-hybridized carbons (Fsp3) is 0.727. The molecule has 2 heterocycles. The van der Waals surface area contributed by atoms with E-state index in [-0.39, 0.29) is 5.28 Å². The summed E-state index contributed by atoms with van der Waals surface area (Å²) >= 11 is 5.97. The van der Waals surface area contributed by atoms with Crippen molar-refractivity contribution in [3.05, 3.63) is 5.28 Å². The molecule has 0 spiro atoms. The zero-order chi connectivity index (χ0) is 12.3. The quantitative estimate of drug-likeness (QED) is 0.823. The van der Waals surface area contributed by atoms with E-state index in [0.29, 0.717) is 11.9 Å². The molecule has 94 valence electrons. The van der Waals surface area contributed by atoms with Gasteiger partial charge in [-0.3, -0.25) is 0 Å². The van der Waals surface area contributed by atoms with Crippen LogP contribution in [0.15, 0.2) is 0 Å². The average Bonchev–Trinajstić information content (AvgIpc) is 2.83. The van der Waals surface area contributed by atoms with Crippen molar-refractivity contribution in [3.63, 3.8) is 0 Å². The number of hydrogen-bond acceptors (Lipinski definition) is 5. The second-order valence-electron chi connectivity index (χ2n) is 4.07. The third kappa shape index (κ3) is 2.77. The average molecular weight is 256 g/mol. The van der Waals surface area contributed by atoms with Gasteiger partial charge in [0.2, 0.25) is 17.2 Å². The Morgan fingerprint density at radius 1 is 1.12 bits per heavy atom. The molecule has 6 heteroatoms. The molecule has 1 fully saturated rings. The van der Waals surface area contributed by atoms with Gasteiger partial charge in [0.1, 0.15) is 0 Å². The number of nitrogens with zero attached hydrogens (tertiary/aromatic N) is 5. The molecule has 5 nitrogen and oxygen atoms in total. The van der Waals surface area contributed by atoms with E-state index >= 15 is 0 Å². The van der Waals surface area contributed by atoms with Gasteiger partial charge >= 0.3 is 0 Å². The van der Waals surface area contributed by atoms with Crippen LogP contribution in [0.4, 0.5) is 11.9 Å². The van der Waals surface area contributed by atoms with Gasteiger partial charge in [-0.2, -0.15) is 15.0 Å². The molecule has 1 aliphatic rings. The molecule has 17 heavy (non-hydrogen) atoms. The Morgan fingerprint density at radius 3 is 2.35 bits per heavy atom. The Bertz CT molecular complexity index is 354. The van der Waals surface area contributed by atoms with Crippen LogP contribution in [0.25, 0.3) is 0 Å². The molecule has 0 aliphatic carbocycles. The predicted molar refractivity (Wildman–Crippen MR) is 69.8 cm³/mol. The van der Waals surface area contributed by atoms with Gasteiger partial charge in [0.15, 0.2) is 0 Å². The summed E-state index contributed by atoms with van der Waals surface area (Å²) in [5.74, 6) is 1.39. The maximum Gasteiger partial charge on any atom is 0.231 e. The Hall–Kier alpha value is -1.10. The van der Waals surface area contributed by atoms with Crippen molar-refractivity contribution in [2.75, 3.05) is 36.0 Å². The van der Waals surface area contributed by atoms with Crippen LogP contribution in [0.2, 0.25) is 5.28 Å². The zero-order valence-electron chi connectivity index (χ0n) is 10.4. The molecule has 1 aliphatic heterocycles. The number of aromatic nitrogens is 3. The fourth-order valence-corrected chi connectivity index (χ4v) is 2.19. The molecule has 0 unspecified atom stereocenters. The molecule has 0 bridgehead atoms. The Kier molecular flexibility index (Phi) is 3.99. The lowest BCUT2D eigenvalue weighted by atomic mass is 10.4. The molecule has 1 saturated heterocycles. The van der Waals surface area contributed by atoms with Gasteiger partial charge < -0.3 is 9.80 Å². The lowest BCUT2D eigenvalue weighted by molar-refractivity contribution is 0.796. The summed E-state index contributed by atoms with van der Waals surface area (Å²) in [5.41, 5.74) is 0. The Labute approximate surface area is 107 Å². The molecule has 0 N–H and O–H groups in total. The third-order valence-corrected chi connectivity index (χ3v) is 3.19. The van der Waals surface area contributed by atoms with Crippen LogP contribution >= 0.6 is 11.6 Å². The van der Waals surface area contributed by atoms with Crippen LogP contribution < -0.4 is 9.80 Å². The minimum Gasteiger partial charge on any atom is -0.341 e. The molecule has 1 aromatic heterocycles. The standard InChI is InChI=1S/C11H18ClN5/c1-3-16(4-2)10-13-9(12)14-11(15-10)17-7-5-6-8-17/h3-8H2,1-2H3. The van der Waals surface area contributed by atoms with Gasteiger partial charge in [0.25, 0.3) is 0 Å². The second kappa shape index (κ2) is 5.49. The summed E-state index contributed by atoms with van der Waals surface area (Å²) in [6.07, 6.45) is 2.40. The minimum atomic E-state index is 0.281. The molecule has 0 radical (unpaired) electrons.